The first-order chi connectivity index (χ1) is 8.75. The zero-order chi connectivity index (χ0) is 12.5. The van der Waals surface area contributed by atoms with Gasteiger partial charge in [0.1, 0.15) is 5.76 Å². The van der Waals surface area contributed by atoms with E-state index in [1.165, 1.54) is 25.7 Å². The van der Waals surface area contributed by atoms with Crippen molar-refractivity contribution in [3.63, 3.8) is 0 Å². The maximum atomic E-state index is 5.97. The lowest BCUT2D eigenvalue weighted by atomic mass is 9.96. The monoisotopic (exact) mass is 306 g/mol. The summed E-state index contributed by atoms with van der Waals surface area (Å²) in [6.45, 7) is 0. The molecule has 3 nitrogen and oxygen atoms in total. The molecular weight excluding hydrogens is 292 g/mol. The second kappa shape index (κ2) is 4.76. The van der Waals surface area contributed by atoms with Crippen molar-refractivity contribution in [3.8, 4) is 11.1 Å². The topological polar surface area (TPSA) is 52.0 Å². The van der Waals surface area contributed by atoms with E-state index in [1.54, 1.807) is 0 Å². The highest BCUT2D eigenvalue weighted by atomic mass is 79.9. The maximum absolute atomic E-state index is 5.97. The zero-order valence-corrected chi connectivity index (χ0v) is 11.6. The van der Waals surface area contributed by atoms with E-state index < -0.39 is 0 Å². The van der Waals surface area contributed by atoms with Gasteiger partial charge in [0.2, 0.25) is 0 Å². The summed E-state index contributed by atoms with van der Waals surface area (Å²) >= 11 is 3.49. The molecule has 2 N–H and O–H groups in total. The number of nitrogens with zero attached hydrogens (tertiary/aromatic N) is 1. The Morgan fingerprint density at radius 2 is 2.06 bits per heavy atom. The van der Waals surface area contributed by atoms with Gasteiger partial charge in [-0.25, -0.2) is 0 Å². The first-order valence-electron chi connectivity index (χ1n) is 6.26. The van der Waals surface area contributed by atoms with Crippen molar-refractivity contribution in [1.82, 2.24) is 5.16 Å². The van der Waals surface area contributed by atoms with Crippen LogP contribution in [0.1, 0.15) is 37.4 Å². The fourth-order valence-electron chi connectivity index (χ4n) is 2.72. The van der Waals surface area contributed by atoms with Crippen molar-refractivity contribution in [1.29, 1.82) is 0 Å². The summed E-state index contributed by atoms with van der Waals surface area (Å²) in [5, 5.41) is 3.95. The molecule has 4 heteroatoms. The lowest BCUT2D eigenvalue weighted by molar-refractivity contribution is 0.363. The van der Waals surface area contributed by atoms with E-state index in [9.17, 15) is 0 Å². The van der Waals surface area contributed by atoms with Crippen molar-refractivity contribution in [2.24, 2.45) is 0 Å². The quantitative estimate of drug-likeness (QED) is 0.897. The average molecular weight is 307 g/mol. The van der Waals surface area contributed by atoms with Crippen LogP contribution in [0.2, 0.25) is 0 Å². The fourth-order valence-corrected chi connectivity index (χ4v) is 3.12. The van der Waals surface area contributed by atoms with Crippen molar-refractivity contribution < 1.29 is 4.52 Å². The minimum atomic E-state index is 0.476. The van der Waals surface area contributed by atoms with Gasteiger partial charge in [0.15, 0.2) is 5.82 Å². The third kappa shape index (κ3) is 2.05. The Labute approximate surface area is 114 Å². The summed E-state index contributed by atoms with van der Waals surface area (Å²) in [7, 11) is 0. The molecule has 0 atom stereocenters. The minimum Gasteiger partial charge on any atom is -0.380 e. The van der Waals surface area contributed by atoms with E-state index in [1.807, 2.05) is 18.2 Å². The second-order valence-electron chi connectivity index (χ2n) is 4.80. The summed E-state index contributed by atoms with van der Waals surface area (Å²) in [6, 6.07) is 8.11. The van der Waals surface area contributed by atoms with Crippen LogP contribution in [-0.2, 0) is 0 Å². The molecule has 0 bridgehead atoms. The molecule has 0 radical (unpaired) electrons. The zero-order valence-electron chi connectivity index (χ0n) is 10.0. The Hall–Kier alpha value is -1.29. The van der Waals surface area contributed by atoms with Gasteiger partial charge in [-0.05, 0) is 30.5 Å². The summed E-state index contributed by atoms with van der Waals surface area (Å²) in [6.07, 6.45) is 4.89. The van der Waals surface area contributed by atoms with Gasteiger partial charge in [0.05, 0.1) is 5.56 Å². The predicted molar refractivity (Wildman–Crippen MR) is 75.3 cm³/mol. The van der Waals surface area contributed by atoms with E-state index in [-0.39, 0.29) is 0 Å². The van der Waals surface area contributed by atoms with Crippen LogP contribution in [0, 0.1) is 0 Å². The molecule has 3 rings (SSSR count). The van der Waals surface area contributed by atoms with Gasteiger partial charge in [-0.1, -0.05) is 46.1 Å². The Kier molecular flexibility index (Phi) is 3.12. The summed E-state index contributed by atoms with van der Waals surface area (Å²) in [5.41, 5.74) is 8.02. The molecular formula is C14H15BrN2O. The van der Waals surface area contributed by atoms with Crippen molar-refractivity contribution in [2.45, 2.75) is 31.6 Å². The van der Waals surface area contributed by atoms with E-state index >= 15 is 0 Å². The van der Waals surface area contributed by atoms with Gasteiger partial charge in [-0.3, -0.25) is 0 Å². The Bertz CT molecular complexity index is 559. The highest BCUT2D eigenvalue weighted by Crippen LogP contribution is 2.41. The number of halogens is 1. The van der Waals surface area contributed by atoms with Crippen LogP contribution in [0.15, 0.2) is 33.3 Å². The van der Waals surface area contributed by atoms with Crippen LogP contribution in [-0.4, -0.2) is 5.16 Å². The van der Waals surface area contributed by atoms with Gasteiger partial charge >= 0.3 is 0 Å². The normalized spacial score (nSPS) is 16.3. The molecule has 0 spiro atoms. The number of nitrogens with two attached hydrogens (primary N) is 1. The van der Waals surface area contributed by atoms with Crippen LogP contribution in [0.4, 0.5) is 5.82 Å². The average Bonchev–Trinajstić information content (AvgIpc) is 2.97. The van der Waals surface area contributed by atoms with Gasteiger partial charge in [0, 0.05) is 10.4 Å². The van der Waals surface area contributed by atoms with Crippen LogP contribution in [0.25, 0.3) is 11.1 Å². The van der Waals surface area contributed by atoms with Crippen molar-refractivity contribution in [2.75, 3.05) is 5.73 Å². The Morgan fingerprint density at radius 3 is 2.78 bits per heavy atom. The van der Waals surface area contributed by atoms with E-state index in [4.69, 9.17) is 10.3 Å². The lowest BCUT2D eigenvalue weighted by Gasteiger charge is -2.08. The number of nitrogen functional groups attached to an aromatic ring is 1. The van der Waals surface area contributed by atoms with E-state index in [0.717, 1.165) is 21.4 Å². The predicted octanol–water partition coefficient (Wildman–Crippen LogP) is 4.34. The first-order valence-corrected chi connectivity index (χ1v) is 7.06. The Balaban J connectivity index is 2.07. The molecule has 1 aliphatic carbocycles. The molecule has 0 unspecified atom stereocenters. The third-order valence-electron chi connectivity index (χ3n) is 3.58. The fraction of sp³-hybridized carbons (Fsp3) is 0.357. The first kappa shape index (κ1) is 11.8. The van der Waals surface area contributed by atoms with Crippen LogP contribution in [0.5, 0.6) is 0 Å². The molecule has 1 aromatic heterocycles. The second-order valence-corrected chi connectivity index (χ2v) is 5.71. The smallest absolute Gasteiger partial charge is 0.175 e. The molecule has 1 heterocycles. The molecule has 94 valence electrons. The molecule has 0 saturated heterocycles. The summed E-state index contributed by atoms with van der Waals surface area (Å²) < 4.78 is 6.52. The molecule has 2 aromatic rings. The van der Waals surface area contributed by atoms with E-state index in [2.05, 4.69) is 27.2 Å². The molecule has 1 aromatic carbocycles. The minimum absolute atomic E-state index is 0.476. The van der Waals surface area contributed by atoms with Gasteiger partial charge in [-0.2, -0.15) is 0 Å². The number of aromatic nitrogens is 1. The van der Waals surface area contributed by atoms with Gasteiger partial charge in [-0.15, -0.1) is 0 Å². The summed E-state index contributed by atoms with van der Waals surface area (Å²) in [4.78, 5) is 0. The maximum Gasteiger partial charge on any atom is 0.175 e. The number of benzene rings is 1. The summed E-state index contributed by atoms with van der Waals surface area (Å²) in [5.74, 6) is 1.93. The van der Waals surface area contributed by atoms with Crippen LogP contribution in [0.3, 0.4) is 0 Å². The highest BCUT2D eigenvalue weighted by Gasteiger charge is 2.26. The molecule has 18 heavy (non-hydrogen) atoms. The van der Waals surface area contributed by atoms with E-state index in [0.29, 0.717) is 11.7 Å². The SMILES string of the molecule is Nc1noc(C2CCCC2)c1-c1cccc(Br)c1. The number of hydrogen-bond donors (Lipinski definition) is 1. The van der Waals surface area contributed by atoms with Crippen LogP contribution >= 0.6 is 15.9 Å². The highest BCUT2D eigenvalue weighted by molar-refractivity contribution is 9.10. The molecule has 1 saturated carbocycles. The molecule has 0 aliphatic heterocycles. The van der Waals surface area contributed by atoms with Gasteiger partial charge in [0.25, 0.3) is 0 Å². The third-order valence-corrected chi connectivity index (χ3v) is 4.08. The number of rotatable bonds is 2. The largest absolute Gasteiger partial charge is 0.380 e. The molecule has 1 fully saturated rings. The number of anilines is 1. The molecule has 0 amide bonds. The molecule has 1 aliphatic rings. The van der Waals surface area contributed by atoms with Crippen molar-refractivity contribution in [3.05, 3.63) is 34.5 Å². The van der Waals surface area contributed by atoms with Crippen molar-refractivity contribution >= 4 is 21.7 Å². The Morgan fingerprint density at radius 1 is 1.28 bits per heavy atom. The van der Waals surface area contributed by atoms with Gasteiger partial charge < -0.3 is 10.3 Å². The number of hydrogen-bond acceptors (Lipinski definition) is 3. The standard InChI is InChI=1S/C14H15BrN2O/c15-11-7-3-6-10(8-11)12-13(18-17-14(12)16)9-4-1-2-5-9/h3,6-9H,1-2,4-5H2,(H2,16,17). The van der Waals surface area contributed by atoms with Crippen LogP contribution < -0.4 is 5.73 Å². The lowest BCUT2D eigenvalue weighted by Crippen LogP contribution is -1.94.